The van der Waals surface area contributed by atoms with Crippen molar-refractivity contribution in [1.82, 2.24) is 30.1 Å². The molecule has 4 heterocycles. The second-order valence-electron chi connectivity index (χ2n) is 18.7. The van der Waals surface area contributed by atoms with Gasteiger partial charge in [0, 0.05) is 54.3 Å². The molecule has 1 saturated heterocycles. The predicted octanol–water partition coefficient (Wildman–Crippen LogP) is 7.41. The number of benzene rings is 4. The zero-order valence-electron chi connectivity index (χ0n) is 44.0. The molecular formula is C56H65ClFN7O12S. The van der Waals surface area contributed by atoms with E-state index in [1.807, 2.05) is 51.1 Å². The molecule has 19 nitrogen and oxygen atoms in total. The largest absolute Gasteiger partial charge is 0.493 e. The molecule has 0 aliphatic carbocycles. The van der Waals surface area contributed by atoms with E-state index in [9.17, 15) is 23.9 Å². The number of aromatic nitrogens is 3. The molecule has 3 N–H and O–H groups in total. The standard InChI is InChI=1S/C56H65ClFN7O12S/c1-35(2)51(65-31-39-7-5-6-8-42(39)55(65)68)56(69)64-32-41(66)27-47(64)54(67)59-30-38-10-9-37(52-36(3)62-34-78-52)25-48(38)76-23-21-74-19-17-72-15-13-71-14-16-73-18-20-75-22-24-77-50-28-43-46(29-49(50)70-4)60-33-61-53(43)63-40-11-12-45(58)44(57)26-40/h5-12,25-26,28-29,33-35,41,47,51,66H,13-24,27,30-32H2,1-4H3,(H,59,67)(H,60,61,63)/t41-,47+,51+/m1/s1. The Morgan fingerprint density at radius 1 is 0.821 bits per heavy atom. The highest BCUT2D eigenvalue weighted by Crippen LogP contribution is 2.36. The lowest BCUT2D eigenvalue weighted by Gasteiger charge is -2.35. The number of carbonyl (C=O) groups excluding carboxylic acids is 3. The van der Waals surface area contributed by atoms with E-state index in [1.54, 1.807) is 47.9 Å². The minimum absolute atomic E-state index is 0.00936. The van der Waals surface area contributed by atoms with E-state index in [0.717, 1.165) is 21.7 Å². The van der Waals surface area contributed by atoms with Gasteiger partial charge < -0.3 is 63.4 Å². The number of hydrogen-bond donors (Lipinski definition) is 3. The lowest BCUT2D eigenvalue weighted by atomic mass is 10.0. The topological polar surface area (TPSA) is 214 Å². The molecule has 0 saturated carbocycles. The van der Waals surface area contributed by atoms with E-state index in [0.29, 0.717) is 117 Å². The van der Waals surface area contributed by atoms with Crippen LogP contribution in [0.4, 0.5) is 15.9 Å². The first kappa shape index (κ1) is 57.6. The Balaban J connectivity index is 0.692. The zero-order valence-corrected chi connectivity index (χ0v) is 45.6. The van der Waals surface area contributed by atoms with Gasteiger partial charge in [-0.1, -0.05) is 55.8 Å². The van der Waals surface area contributed by atoms with Crippen LogP contribution in [-0.2, 0) is 46.4 Å². The van der Waals surface area contributed by atoms with Crippen LogP contribution in [0.1, 0.15) is 47.4 Å². The van der Waals surface area contributed by atoms with E-state index >= 15 is 0 Å². The average molecular weight is 1110 g/mol. The summed E-state index contributed by atoms with van der Waals surface area (Å²) in [6, 6.07) is 19.2. The summed E-state index contributed by atoms with van der Waals surface area (Å²) in [6.45, 7) is 10.2. The molecule has 4 aromatic carbocycles. The van der Waals surface area contributed by atoms with Gasteiger partial charge >= 0.3 is 0 Å². The molecule has 2 aromatic heterocycles. The monoisotopic (exact) mass is 1110 g/mol. The second-order valence-corrected chi connectivity index (χ2v) is 20.0. The molecule has 2 aliphatic rings. The van der Waals surface area contributed by atoms with E-state index in [-0.39, 0.29) is 62.1 Å². The Morgan fingerprint density at radius 2 is 1.49 bits per heavy atom. The Hall–Kier alpha value is -6.56. The van der Waals surface area contributed by atoms with Crippen molar-refractivity contribution in [1.29, 1.82) is 0 Å². The number of anilines is 2. The molecule has 0 radical (unpaired) electrons. The molecular weight excluding hydrogens is 1050 g/mol. The van der Waals surface area contributed by atoms with E-state index < -0.39 is 29.9 Å². The van der Waals surface area contributed by atoms with Crippen LogP contribution in [0, 0.1) is 18.7 Å². The third-order valence-electron chi connectivity index (χ3n) is 13.0. The van der Waals surface area contributed by atoms with Crippen LogP contribution in [-0.4, -0.2) is 159 Å². The highest BCUT2D eigenvalue weighted by Gasteiger charge is 2.46. The maximum Gasteiger partial charge on any atom is 0.255 e. The third-order valence-corrected chi connectivity index (χ3v) is 14.3. The van der Waals surface area contributed by atoms with Gasteiger partial charge in [-0.3, -0.25) is 14.4 Å². The first-order valence-corrected chi connectivity index (χ1v) is 27.0. The average Bonchev–Trinajstić information content (AvgIpc) is 4.15. The number of carbonyl (C=O) groups is 3. The molecule has 6 aromatic rings. The summed E-state index contributed by atoms with van der Waals surface area (Å²) in [5.41, 5.74) is 6.92. The summed E-state index contributed by atoms with van der Waals surface area (Å²) in [6.07, 6.45) is 0.606. The van der Waals surface area contributed by atoms with Crippen LogP contribution in [0.25, 0.3) is 21.3 Å². The number of thiazole rings is 1. The van der Waals surface area contributed by atoms with Crippen LogP contribution in [0.15, 0.2) is 84.6 Å². The van der Waals surface area contributed by atoms with Gasteiger partial charge in [-0.05, 0) is 60.4 Å². The number of methoxy groups -OCH3 is 1. The Bertz CT molecular complexity index is 2990. The molecule has 3 atom stereocenters. The number of nitrogens with one attached hydrogen (secondary N) is 2. The van der Waals surface area contributed by atoms with Crippen LogP contribution in [0.3, 0.4) is 0 Å². The highest BCUT2D eigenvalue weighted by molar-refractivity contribution is 7.13. The number of nitrogens with zero attached hydrogens (tertiary/aromatic N) is 5. The van der Waals surface area contributed by atoms with Gasteiger partial charge in [-0.15, -0.1) is 11.3 Å². The number of likely N-dealkylation sites (tertiary alicyclic amines) is 1. The molecule has 2 aliphatic heterocycles. The number of aliphatic hydroxyl groups is 1. The fourth-order valence-electron chi connectivity index (χ4n) is 9.16. The van der Waals surface area contributed by atoms with Gasteiger partial charge in [0.15, 0.2) is 11.5 Å². The predicted molar refractivity (Wildman–Crippen MR) is 291 cm³/mol. The van der Waals surface area contributed by atoms with Gasteiger partial charge in [0.1, 0.15) is 49.0 Å². The number of halogens is 2. The number of ether oxygens (including phenoxy) is 8. The molecule has 0 spiro atoms. The molecule has 3 amide bonds. The van der Waals surface area contributed by atoms with Crippen LogP contribution in [0.5, 0.6) is 17.2 Å². The maximum absolute atomic E-state index is 14.2. The lowest BCUT2D eigenvalue weighted by Crippen LogP contribution is -2.55. The normalized spacial score (nSPS) is 15.5. The summed E-state index contributed by atoms with van der Waals surface area (Å²) < 4.78 is 59.8. The summed E-state index contributed by atoms with van der Waals surface area (Å²) in [4.78, 5) is 58.7. The summed E-state index contributed by atoms with van der Waals surface area (Å²) in [7, 11) is 1.54. The second kappa shape index (κ2) is 28.4. The highest BCUT2D eigenvalue weighted by atomic mass is 35.5. The van der Waals surface area contributed by atoms with E-state index in [4.69, 9.17) is 49.5 Å². The quantitative estimate of drug-likeness (QED) is 0.0375. The minimum atomic E-state index is -0.921. The lowest BCUT2D eigenvalue weighted by molar-refractivity contribution is -0.143. The summed E-state index contributed by atoms with van der Waals surface area (Å²) in [5, 5.41) is 17.6. The van der Waals surface area contributed by atoms with Crippen molar-refractivity contribution in [3.63, 3.8) is 0 Å². The van der Waals surface area contributed by atoms with Gasteiger partial charge in [0.25, 0.3) is 5.91 Å². The van der Waals surface area contributed by atoms with Gasteiger partial charge in [0.05, 0.1) is 106 Å². The first-order chi connectivity index (χ1) is 37.9. The van der Waals surface area contributed by atoms with E-state index in [1.165, 1.54) is 34.7 Å². The smallest absolute Gasteiger partial charge is 0.255 e. The number of fused-ring (bicyclic) bond motifs is 2. The Morgan fingerprint density at radius 3 is 2.12 bits per heavy atom. The molecule has 0 unspecified atom stereocenters. The summed E-state index contributed by atoms with van der Waals surface area (Å²) in [5.74, 6) is 0.277. The number of aliphatic hydroxyl groups excluding tert-OH is 1. The maximum atomic E-state index is 14.2. The number of β-amino-alcohol motifs (C(OH)–C–C–N with tert-alkyl or cyclic N) is 1. The zero-order chi connectivity index (χ0) is 55.0. The van der Waals surface area contributed by atoms with Crippen LogP contribution in [0.2, 0.25) is 5.02 Å². The third kappa shape index (κ3) is 15.0. The number of rotatable bonds is 30. The summed E-state index contributed by atoms with van der Waals surface area (Å²) >= 11 is 7.48. The number of hydrogen-bond acceptors (Lipinski definition) is 17. The fraction of sp³-hybridized carbons (Fsp3) is 0.429. The number of aryl methyl sites for hydroxylation is 1. The van der Waals surface area contributed by atoms with E-state index in [2.05, 4.69) is 25.6 Å². The molecule has 416 valence electrons. The Kier molecular flexibility index (Phi) is 20.9. The molecule has 0 bridgehead atoms. The van der Waals surface area contributed by atoms with Crippen molar-refractivity contribution < 1.29 is 61.8 Å². The minimum Gasteiger partial charge on any atom is -0.493 e. The van der Waals surface area contributed by atoms with Crippen molar-refractivity contribution in [3.8, 4) is 27.7 Å². The van der Waals surface area contributed by atoms with Crippen LogP contribution >= 0.6 is 22.9 Å². The molecule has 78 heavy (non-hydrogen) atoms. The molecule has 8 rings (SSSR count). The molecule has 22 heteroatoms. The first-order valence-electron chi connectivity index (χ1n) is 25.8. The van der Waals surface area contributed by atoms with Crippen molar-refractivity contribution in [2.45, 2.75) is 58.5 Å². The van der Waals surface area contributed by atoms with Gasteiger partial charge in [-0.2, -0.15) is 0 Å². The van der Waals surface area contributed by atoms with Crippen molar-refractivity contribution >= 4 is 63.1 Å². The van der Waals surface area contributed by atoms with Gasteiger partial charge in [-0.25, -0.2) is 19.3 Å². The molecule has 1 fully saturated rings. The van der Waals surface area contributed by atoms with Crippen LogP contribution < -0.4 is 24.8 Å². The van der Waals surface area contributed by atoms with Gasteiger partial charge in [0.2, 0.25) is 11.8 Å². The fourth-order valence-corrected chi connectivity index (χ4v) is 10.1. The van der Waals surface area contributed by atoms with Crippen molar-refractivity contribution in [2.24, 2.45) is 5.92 Å². The van der Waals surface area contributed by atoms with Crippen molar-refractivity contribution in [2.75, 3.05) is 98.3 Å². The SMILES string of the molecule is COc1cc2ncnc(Nc3ccc(F)c(Cl)c3)c2cc1OCCOCCOCCOCCOCCOCCOc1cc(-c2scnc2C)ccc1CNC(=O)[C@@H]1C[C@@H](O)CN1C(=O)[C@H](C(C)C)N1Cc2ccccc2C1=O. The number of amides is 3. The van der Waals surface area contributed by atoms with Crippen molar-refractivity contribution in [3.05, 3.63) is 118 Å². The Labute approximate surface area is 461 Å².